The maximum atomic E-state index is 6.01. The lowest BCUT2D eigenvalue weighted by Crippen LogP contribution is -2.39. The largest absolute Gasteiger partial charge is 0.461 e. The van der Waals surface area contributed by atoms with Gasteiger partial charge in [-0.05, 0) is 62.0 Å². The summed E-state index contributed by atoms with van der Waals surface area (Å²) < 4.78 is 5.81. The molecule has 0 radical (unpaired) electrons. The number of pyridine rings is 1. The van der Waals surface area contributed by atoms with Gasteiger partial charge in [-0.2, -0.15) is 0 Å². The number of furan rings is 1. The average molecular weight is 321 g/mol. The number of likely N-dealkylation sites (tertiary alicyclic amines) is 1. The number of aromatic nitrogens is 1. The van der Waals surface area contributed by atoms with Crippen molar-refractivity contribution >= 4 is 10.8 Å². The van der Waals surface area contributed by atoms with Gasteiger partial charge in [0.15, 0.2) is 0 Å². The minimum absolute atomic E-state index is 0.373. The predicted octanol–water partition coefficient (Wildman–Crippen LogP) is 3.73. The molecule has 24 heavy (non-hydrogen) atoms. The Bertz CT molecular complexity index is 847. The molecule has 4 heteroatoms. The number of fused-ring (bicyclic) bond motifs is 1. The third kappa shape index (κ3) is 3.07. The van der Waals surface area contributed by atoms with Gasteiger partial charge in [0, 0.05) is 35.9 Å². The van der Waals surface area contributed by atoms with Gasteiger partial charge in [0.1, 0.15) is 11.5 Å². The van der Waals surface area contributed by atoms with Crippen molar-refractivity contribution in [2.24, 2.45) is 5.73 Å². The molecule has 4 rings (SSSR count). The summed E-state index contributed by atoms with van der Waals surface area (Å²) in [7, 11) is 0. The molecule has 2 N–H and O–H groups in total. The molecule has 3 heterocycles. The first kappa shape index (κ1) is 15.4. The molecule has 1 saturated heterocycles. The van der Waals surface area contributed by atoms with Crippen molar-refractivity contribution in [1.82, 2.24) is 9.88 Å². The molecule has 0 aliphatic carbocycles. The number of piperidine rings is 1. The predicted molar refractivity (Wildman–Crippen MR) is 96.7 cm³/mol. The average Bonchev–Trinajstić information content (AvgIpc) is 3.03. The van der Waals surface area contributed by atoms with Gasteiger partial charge in [-0.25, -0.2) is 0 Å². The lowest BCUT2D eigenvalue weighted by atomic mass is 10.0. The van der Waals surface area contributed by atoms with Gasteiger partial charge in [0.2, 0.25) is 0 Å². The number of aryl methyl sites for hydroxylation is 1. The lowest BCUT2D eigenvalue weighted by Gasteiger charge is -2.30. The highest BCUT2D eigenvalue weighted by Gasteiger charge is 2.16. The zero-order chi connectivity index (χ0) is 16.5. The second-order valence-corrected chi connectivity index (χ2v) is 6.77. The normalized spacial score (nSPS) is 16.8. The molecule has 3 aromatic rings. The number of nitrogens with zero attached hydrogens (tertiary/aromatic N) is 2. The van der Waals surface area contributed by atoms with Crippen LogP contribution in [-0.2, 0) is 6.54 Å². The van der Waals surface area contributed by atoms with Gasteiger partial charge in [-0.1, -0.05) is 12.1 Å². The van der Waals surface area contributed by atoms with Crippen LogP contribution in [0.1, 0.15) is 24.2 Å². The molecule has 124 valence electrons. The fourth-order valence-electron chi connectivity index (χ4n) is 3.45. The molecule has 0 saturated carbocycles. The van der Waals surface area contributed by atoms with E-state index >= 15 is 0 Å². The van der Waals surface area contributed by atoms with E-state index in [0.29, 0.717) is 6.04 Å². The van der Waals surface area contributed by atoms with E-state index in [1.165, 1.54) is 10.9 Å². The van der Waals surface area contributed by atoms with Crippen molar-refractivity contribution < 1.29 is 4.42 Å². The van der Waals surface area contributed by atoms with Crippen LogP contribution >= 0.6 is 0 Å². The summed E-state index contributed by atoms with van der Waals surface area (Å²) >= 11 is 0. The Balaban J connectivity index is 1.66. The molecule has 0 bridgehead atoms. The molecular formula is C20H23N3O. The van der Waals surface area contributed by atoms with Gasteiger partial charge in [0.05, 0.1) is 0 Å². The molecule has 1 fully saturated rings. The smallest absolute Gasteiger partial charge is 0.136 e. The van der Waals surface area contributed by atoms with Crippen LogP contribution in [0.25, 0.3) is 22.1 Å². The molecule has 1 aliphatic rings. The number of rotatable bonds is 3. The summed E-state index contributed by atoms with van der Waals surface area (Å²) in [6, 6.07) is 11.0. The van der Waals surface area contributed by atoms with E-state index in [2.05, 4.69) is 28.1 Å². The SMILES string of the molecule is Cc1ccc(-c2cncc3ccc(CN4CCC(N)CC4)cc23)o1. The van der Waals surface area contributed by atoms with Gasteiger partial charge in [-0.3, -0.25) is 9.88 Å². The summed E-state index contributed by atoms with van der Waals surface area (Å²) in [5.74, 6) is 1.80. The van der Waals surface area contributed by atoms with E-state index in [1.54, 1.807) is 0 Å². The number of nitrogens with two attached hydrogens (primary N) is 1. The Morgan fingerprint density at radius 1 is 1.17 bits per heavy atom. The summed E-state index contributed by atoms with van der Waals surface area (Å²) in [6.45, 7) is 5.11. The summed E-state index contributed by atoms with van der Waals surface area (Å²) in [6.07, 6.45) is 5.99. The van der Waals surface area contributed by atoms with Crippen molar-refractivity contribution in [2.75, 3.05) is 13.1 Å². The first-order valence-corrected chi connectivity index (χ1v) is 8.60. The molecular weight excluding hydrogens is 298 g/mol. The first-order valence-electron chi connectivity index (χ1n) is 8.60. The summed E-state index contributed by atoms with van der Waals surface area (Å²) in [5.41, 5.74) is 8.39. The van der Waals surface area contributed by atoms with Crippen molar-refractivity contribution in [1.29, 1.82) is 0 Å². The fourth-order valence-corrected chi connectivity index (χ4v) is 3.45. The van der Waals surface area contributed by atoms with Crippen LogP contribution < -0.4 is 5.73 Å². The topological polar surface area (TPSA) is 55.3 Å². The molecule has 0 amide bonds. The Hall–Kier alpha value is -2.17. The highest BCUT2D eigenvalue weighted by atomic mass is 16.3. The van der Waals surface area contributed by atoms with Crippen LogP contribution in [0.5, 0.6) is 0 Å². The van der Waals surface area contributed by atoms with E-state index in [9.17, 15) is 0 Å². The van der Waals surface area contributed by atoms with Crippen molar-refractivity contribution in [3.05, 3.63) is 54.0 Å². The van der Waals surface area contributed by atoms with Gasteiger partial charge < -0.3 is 10.2 Å². The third-order valence-corrected chi connectivity index (χ3v) is 4.87. The minimum atomic E-state index is 0.373. The summed E-state index contributed by atoms with van der Waals surface area (Å²) in [5, 5.41) is 2.34. The third-order valence-electron chi connectivity index (χ3n) is 4.87. The van der Waals surface area contributed by atoms with E-state index < -0.39 is 0 Å². The van der Waals surface area contributed by atoms with Crippen molar-refractivity contribution in [3.63, 3.8) is 0 Å². The second-order valence-electron chi connectivity index (χ2n) is 6.77. The van der Waals surface area contributed by atoms with Crippen molar-refractivity contribution in [2.45, 2.75) is 32.4 Å². The minimum Gasteiger partial charge on any atom is -0.461 e. The van der Waals surface area contributed by atoms with E-state index in [-0.39, 0.29) is 0 Å². The van der Waals surface area contributed by atoms with Crippen LogP contribution in [0.4, 0.5) is 0 Å². The monoisotopic (exact) mass is 321 g/mol. The first-order chi connectivity index (χ1) is 11.7. The van der Waals surface area contributed by atoms with Crippen LogP contribution in [0.15, 0.2) is 47.1 Å². The second kappa shape index (κ2) is 6.38. The lowest BCUT2D eigenvalue weighted by molar-refractivity contribution is 0.206. The molecule has 0 spiro atoms. The van der Waals surface area contributed by atoms with Gasteiger partial charge in [-0.15, -0.1) is 0 Å². The molecule has 2 aromatic heterocycles. The van der Waals surface area contributed by atoms with Crippen molar-refractivity contribution in [3.8, 4) is 11.3 Å². The Morgan fingerprint density at radius 2 is 2.00 bits per heavy atom. The van der Waals surface area contributed by atoms with E-state index in [0.717, 1.165) is 54.9 Å². The van der Waals surface area contributed by atoms with Crippen LogP contribution in [0.3, 0.4) is 0 Å². The molecule has 0 unspecified atom stereocenters. The molecule has 1 aromatic carbocycles. The highest BCUT2D eigenvalue weighted by Crippen LogP contribution is 2.30. The maximum absolute atomic E-state index is 6.01. The van der Waals surface area contributed by atoms with Gasteiger partial charge >= 0.3 is 0 Å². The van der Waals surface area contributed by atoms with E-state index in [4.69, 9.17) is 10.2 Å². The Morgan fingerprint density at radius 3 is 2.75 bits per heavy atom. The summed E-state index contributed by atoms with van der Waals surface area (Å²) in [4.78, 5) is 6.86. The maximum Gasteiger partial charge on any atom is 0.136 e. The number of hydrogen-bond donors (Lipinski definition) is 1. The zero-order valence-corrected chi connectivity index (χ0v) is 14.0. The van der Waals surface area contributed by atoms with Crippen LogP contribution in [0.2, 0.25) is 0 Å². The highest BCUT2D eigenvalue weighted by molar-refractivity contribution is 5.95. The van der Waals surface area contributed by atoms with Crippen LogP contribution in [0, 0.1) is 6.92 Å². The molecule has 4 nitrogen and oxygen atoms in total. The Kier molecular flexibility index (Phi) is 4.08. The van der Waals surface area contributed by atoms with Gasteiger partial charge in [0.25, 0.3) is 0 Å². The Labute approximate surface area is 142 Å². The number of hydrogen-bond acceptors (Lipinski definition) is 4. The molecule has 1 aliphatic heterocycles. The molecule has 0 atom stereocenters. The fraction of sp³-hybridized carbons (Fsp3) is 0.350. The van der Waals surface area contributed by atoms with Crippen LogP contribution in [-0.4, -0.2) is 29.0 Å². The quantitative estimate of drug-likeness (QED) is 0.798. The van der Waals surface area contributed by atoms with E-state index in [1.807, 2.05) is 31.5 Å². The zero-order valence-electron chi connectivity index (χ0n) is 14.0. The standard InChI is InChI=1S/C20H23N3O/c1-14-2-5-20(24-14)19-12-22-11-16-4-3-15(10-18(16)19)13-23-8-6-17(21)7-9-23/h2-5,10-12,17H,6-9,13,21H2,1H3. The number of benzene rings is 1.